The Kier molecular flexibility index (Phi) is 4.01. The second-order valence-corrected chi connectivity index (χ2v) is 5.08. The summed E-state index contributed by atoms with van der Waals surface area (Å²) in [4.78, 5) is 8.68. The summed E-state index contributed by atoms with van der Waals surface area (Å²) in [7, 11) is 0. The average molecular weight is 250 g/mol. The van der Waals surface area contributed by atoms with Gasteiger partial charge in [0.15, 0.2) is 0 Å². The van der Waals surface area contributed by atoms with Crippen LogP contribution in [0.4, 0.5) is 11.8 Å². The van der Waals surface area contributed by atoms with Crippen molar-refractivity contribution in [1.29, 1.82) is 0 Å². The van der Waals surface area contributed by atoms with Gasteiger partial charge in [0.2, 0.25) is 5.95 Å². The van der Waals surface area contributed by atoms with Crippen LogP contribution in [-0.2, 0) is 0 Å². The molecule has 3 N–H and O–H groups in total. The van der Waals surface area contributed by atoms with Crippen molar-refractivity contribution in [2.24, 2.45) is 5.41 Å². The summed E-state index contributed by atoms with van der Waals surface area (Å²) < 4.78 is 0. The normalized spacial score (nSPS) is 16.4. The van der Waals surface area contributed by atoms with Gasteiger partial charge in [-0.2, -0.15) is 4.98 Å². The Labute approximate surface area is 108 Å². The molecule has 1 aliphatic rings. The van der Waals surface area contributed by atoms with Crippen LogP contribution in [0.2, 0.25) is 0 Å². The molecule has 1 aromatic rings. The third-order valence-electron chi connectivity index (χ3n) is 3.54. The quantitative estimate of drug-likeness (QED) is 0.688. The van der Waals surface area contributed by atoms with E-state index in [0.717, 1.165) is 30.9 Å². The van der Waals surface area contributed by atoms with Crippen LogP contribution in [0.1, 0.15) is 31.7 Å². The number of hydrogen-bond acceptors (Lipinski definition) is 5. The first-order valence-electron chi connectivity index (χ1n) is 6.61. The topological polar surface area (TPSA) is 70.1 Å². The van der Waals surface area contributed by atoms with Gasteiger partial charge in [-0.15, -0.1) is 0 Å². The molecule has 0 amide bonds. The molecule has 1 saturated carbocycles. The molecular weight excluding hydrogens is 228 g/mol. The molecule has 1 aromatic heterocycles. The fourth-order valence-electron chi connectivity index (χ4n) is 2.06. The summed E-state index contributed by atoms with van der Waals surface area (Å²) in [5.41, 5.74) is 1.35. The van der Waals surface area contributed by atoms with Gasteiger partial charge in [-0.25, -0.2) is 4.98 Å². The second kappa shape index (κ2) is 5.52. The fourth-order valence-corrected chi connectivity index (χ4v) is 2.06. The molecule has 0 bridgehead atoms. The summed E-state index contributed by atoms with van der Waals surface area (Å²) in [6.45, 7) is 6.00. The largest absolute Gasteiger partial charge is 0.396 e. The zero-order chi connectivity index (χ0) is 13.0. The van der Waals surface area contributed by atoms with E-state index in [9.17, 15) is 0 Å². The maximum Gasteiger partial charge on any atom is 0.224 e. The molecular formula is C13H22N4O. The smallest absolute Gasteiger partial charge is 0.224 e. The van der Waals surface area contributed by atoms with Gasteiger partial charge in [0.25, 0.3) is 0 Å². The maximum absolute atomic E-state index is 9.04. The summed E-state index contributed by atoms with van der Waals surface area (Å²) >= 11 is 0. The van der Waals surface area contributed by atoms with Crippen LogP contribution in [0.15, 0.2) is 6.20 Å². The second-order valence-electron chi connectivity index (χ2n) is 5.08. The van der Waals surface area contributed by atoms with Crippen molar-refractivity contribution in [1.82, 2.24) is 9.97 Å². The van der Waals surface area contributed by atoms with Crippen molar-refractivity contribution in [2.75, 3.05) is 30.3 Å². The van der Waals surface area contributed by atoms with Crippen LogP contribution in [-0.4, -0.2) is 34.8 Å². The first kappa shape index (κ1) is 13.1. The van der Waals surface area contributed by atoms with E-state index < -0.39 is 0 Å². The van der Waals surface area contributed by atoms with Crippen molar-refractivity contribution in [3.8, 4) is 0 Å². The third kappa shape index (κ3) is 3.10. The number of nitrogens with zero attached hydrogens (tertiary/aromatic N) is 2. The number of hydrogen-bond donors (Lipinski definition) is 3. The zero-order valence-electron chi connectivity index (χ0n) is 11.2. The number of aryl methyl sites for hydroxylation is 1. The molecule has 0 saturated heterocycles. The third-order valence-corrected chi connectivity index (χ3v) is 3.54. The Bertz CT molecular complexity index is 404. The molecule has 18 heavy (non-hydrogen) atoms. The Morgan fingerprint density at radius 2 is 2.17 bits per heavy atom. The molecule has 0 aliphatic heterocycles. The summed E-state index contributed by atoms with van der Waals surface area (Å²) in [5.74, 6) is 1.56. The van der Waals surface area contributed by atoms with Crippen LogP contribution >= 0.6 is 0 Å². The number of nitrogens with one attached hydrogen (secondary N) is 2. The maximum atomic E-state index is 9.04. The molecule has 5 heteroatoms. The molecule has 100 valence electrons. The molecule has 5 nitrogen and oxygen atoms in total. The van der Waals surface area contributed by atoms with Crippen LogP contribution in [0, 0.1) is 12.3 Å². The predicted molar refractivity (Wildman–Crippen MR) is 72.8 cm³/mol. The monoisotopic (exact) mass is 250 g/mol. The van der Waals surface area contributed by atoms with Crippen LogP contribution in [0.5, 0.6) is 0 Å². The number of anilines is 2. The minimum atomic E-state index is 0.271. The standard InChI is InChI=1S/C13H22N4O/c1-3-14-12-15-8-10(2)11(17-12)16-9-13(4-5-13)6-7-18/h8,18H,3-7,9H2,1-2H3,(H2,14,15,16,17). The van der Waals surface area contributed by atoms with Crippen molar-refractivity contribution in [2.45, 2.75) is 33.1 Å². The van der Waals surface area contributed by atoms with Crippen LogP contribution in [0.25, 0.3) is 0 Å². The van der Waals surface area contributed by atoms with Gasteiger partial charge < -0.3 is 15.7 Å². The zero-order valence-corrected chi connectivity index (χ0v) is 11.2. The van der Waals surface area contributed by atoms with E-state index in [-0.39, 0.29) is 6.61 Å². The lowest BCUT2D eigenvalue weighted by Crippen LogP contribution is -2.18. The summed E-state index contributed by atoms with van der Waals surface area (Å²) in [6, 6.07) is 0. The minimum Gasteiger partial charge on any atom is -0.396 e. The van der Waals surface area contributed by atoms with Crippen molar-refractivity contribution >= 4 is 11.8 Å². The van der Waals surface area contributed by atoms with Crippen molar-refractivity contribution < 1.29 is 5.11 Å². The van der Waals surface area contributed by atoms with Gasteiger partial charge in [0.05, 0.1) is 0 Å². The SMILES string of the molecule is CCNc1ncc(C)c(NCC2(CCO)CC2)n1. The minimum absolute atomic E-state index is 0.271. The number of rotatable bonds is 7. The Morgan fingerprint density at radius 1 is 1.39 bits per heavy atom. The lowest BCUT2D eigenvalue weighted by Gasteiger charge is -2.16. The first-order chi connectivity index (χ1) is 8.69. The predicted octanol–water partition coefficient (Wildman–Crippen LogP) is 1.79. The molecule has 0 aromatic carbocycles. The van der Waals surface area contributed by atoms with Gasteiger partial charge in [-0.3, -0.25) is 0 Å². The molecule has 0 spiro atoms. The highest BCUT2D eigenvalue weighted by atomic mass is 16.3. The molecule has 1 fully saturated rings. The highest BCUT2D eigenvalue weighted by molar-refractivity contribution is 5.46. The Hall–Kier alpha value is -1.36. The van der Waals surface area contributed by atoms with E-state index in [2.05, 4.69) is 20.6 Å². The van der Waals surface area contributed by atoms with Crippen molar-refractivity contribution in [3.63, 3.8) is 0 Å². The van der Waals surface area contributed by atoms with E-state index in [1.807, 2.05) is 20.0 Å². The van der Waals surface area contributed by atoms with Gasteiger partial charge in [-0.1, -0.05) is 0 Å². The van der Waals surface area contributed by atoms with Crippen LogP contribution < -0.4 is 10.6 Å². The number of aromatic nitrogens is 2. The van der Waals surface area contributed by atoms with Gasteiger partial charge >= 0.3 is 0 Å². The van der Waals surface area contributed by atoms with Gasteiger partial charge in [0.1, 0.15) is 5.82 Å². The van der Waals surface area contributed by atoms with E-state index in [4.69, 9.17) is 5.11 Å². The number of aliphatic hydroxyl groups is 1. The molecule has 0 radical (unpaired) electrons. The van der Waals surface area contributed by atoms with E-state index in [1.165, 1.54) is 12.8 Å². The first-order valence-corrected chi connectivity index (χ1v) is 6.61. The molecule has 0 unspecified atom stereocenters. The highest BCUT2D eigenvalue weighted by Crippen LogP contribution is 2.48. The van der Waals surface area contributed by atoms with Gasteiger partial charge in [-0.05, 0) is 38.5 Å². The lowest BCUT2D eigenvalue weighted by molar-refractivity contribution is 0.253. The van der Waals surface area contributed by atoms with Gasteiger partial charge in [0, 0.05) is 31.5 Å². The van der Waals surface area contributed by atoms with Crippen molar-refractivity contribution in [3.05, 3.63) is 11.8 Å². The van der Waals surface area contributed by atoms with Crippen LogP contribution in [0.3, 0.4) is 0 Å². The fraction of sp³-hybridized carbons (Fsp3) is 0.692. The number of aliphatic hydroxyl groups excluding tert-OH is 1. The Morgan fingerprint density at radius 3 is 2.78 bits per heavy atom. The van der Waals surface area contributed by atoms with E-state index in [1.54, 1.807) is 0 Å². The molecule has 2 rings (SSSR count). The lowest BCUT2D eigenvalue weighted by atomic mass is 10.0. The molecule has 1 aliphatic carbocycles. The molecule has 0 atom stereocenters. The average Bonchev–Trinajstić information content (AvgIpc) is 3.11. The Balaban J connectivity index is 1.97. The highest BCUT2D eigenvalue weighted by Gasteiger charge is 2.41. The molecule has 1 heterocycles. The summed E-state index contributed by atoms with van der Waals surface area (Å²) in [6.07, 6.45) is 5.11. The summed E-state index contributed by atoms with van der Waals surface area (Å²) in [5, 5.41) is 15.6. The van der Waals surface area contributed by atoms with E-state index >= 15 is 0 Å². The van der Waals surface area contributed by atoms with E-state index in [0.29, 0.717) is 11.4 Å².